The third kappa shape index (κ3) is 2.62. The van der Waals surface area contributed by atoms with E-state index in [1.165, 1.54) is 22.7 Å². The van der Waals surface area contributed by atoms with Gasteiger partial charge in [-0.2, -0.15) is 0 Å². The molecule has 0 aromatic carbocycles. The van der Waals surface area contributed by atoms with Gasteiger partial charge in [-0.25, -0.2) is 4.79 Å². The number of nitrogens with one attached hydrogen (secondary N) is 1. The number of carboxylic acids is 1. The lowest BCUT2D eigenvalue weighted by atomic mass is 10.1. The number of amides is 1. The SMILES string of the molecule is CCc1c(C)sc(NC(=O)c2sccc2C)c1C(=O)O. The fraction of sp³-hybridized carbons (Fsp3) is 0.286. The van der Waals surface area contributed by atoms with Crippen LogP contribution in [0.1, 0.15) is 43.0 Å². The minimum Gasteiger partial charge on any atom is -0.478 e. The van der Waals surface area contributed by atoms with Crippen LogP contribution in [0.4, 0.5) is 5.00 Å². The molecule has 2 N–H and O–H groups in total. The average molecular weight is 309 g/mol. The Morgan fingerprint density at radius 3 is 2.55 bits per heavy atom. The van der Waals surface area contributed by atoms with Gasteiger partial charge in [0, 0.05) is 4.88 Å². The van der Waals surface area contributed by atoms with Gasteiger partial charge in [0.05, 0.1) is 10.4 Å². The van der Waals surface area contributed by atoms with E-state index in [-0.39, 0.29) is 11.5 Å². The van der Waals surface area contributed by atoms with Crippen LogP contribution in [0.25, 0.3) is 0 Å². The Morgan fingerprint density at radius 2 is 2.05 bits per heavy atom. The van der Waals surface area contributed by atoms with E-state index in [0.29, 0.717) is 16.3 Å². The summed E-state index contributed by atoms with van der Waals surface area (Å²) in [5.74, 6) is -1.24. The highest BCUT2D eigenvalue weighted by Gasteiger charge is 2.22. The molecule has 0 aliphatic rings. The first kappa shape index (κ1) is 14.7. The Labute approximate surface area is 125 Å². The van der Waals surface area contributed by atoms with Crippen molar-refractivity contribution >= 4 is 39.6 Å². The molecule has 4 nitrogen and oxygen atoms in total. The Kier molecular flexibility index (Phi) is 4.25. The van der Waals surface area contributed by atoms with Gasteiger partial charge in [-0.3, -0.25) is 4.79 Å². The molecule has 0 radical (unpaired) electrons. The van der Waals surface area contributed by atoms with Crippen molar-refractivity contribution in [3.63, 3.8) is 0 Å². The summed E-state index contributed by atoms with van der Waals surface area (Å²) in [7, 11) is 0. The summed E-state index contributed by atoms with van der Waals surface area (Å²) >= 11 is 2.67. The van der Waals surface area contributed by atoms with Crippen molar-refractivity contribution in [2.75, 3.05) is 5.32 Å². The Hall–Kier alpha value is -1.66. The number of hydrogen-bond donors (Lipinski definition) is 2. The molecular weight excluding hydrogens is 294 g/mol. The molecule has 0 saturated carbocycles. The number of carbonyl (C=O) groups excluding carboxylic acids is 1. The van der Waals surface area contributed by atoms with Gasteiger partial charge < -0.3 is 10.4 Å². The smallest absolute Gasteiger partial charge is 0.339 e. The lowest BCUT2D eigenvalue weighted by Gasteiger charge is -2.04. The number of thiophene rings is 2. The molecule has 0 saturated heterocycles. The summed E-state index contributed by atoms with van der Waals surface area (Å²) in [6, 6.07) is 1.87. The minimum atomic E-state index is -0.996. The van der Waals surface area contributed by atoms with Gasteiger partial charge in [-0.05, 0) is 42.8 Å². The van der Waals surface area contributed by atoms with Crippen LogP contribution in [0, 0.1) is 13.8 Å². The molecule has 0 aliphatic carbocycles. The van der Waals surface area contributed by atoms with Gasteiger partial charge >= 0.3 is 5.97 Å². The molecule has 20 heavy (non-hydrogen) atoms. The van der Waals surface area contributed by atoms with E-state index >= 15 is 0 Å². The highest BCUT2D eigenvalue weighted by atomic mass is 32.1. The average Bonchev–Trinajstić information content (AvgIpc) is 2.92. The third-order valence-electron chi connectivity index (χ3n) is 3.07. The van der Waals surface area contributed by atoms with Crippen LogP contribution >= 0.6 is 22.7 Å². The molecule has 6 heteroatoms. The van der Waals surface area contributed by atoms with E-state index in [9.17, 15) is 14.7 Å². The van der Waals surface area contributed by atoms with Gasteiger partial charge in [-0.15, -0.1) is 22.7 Å². The monoisotopic (exact) mass is 309 g/mol. The first-order valence-electron chi connectivity index (χ1n) is 6.16. The Balaban J connectivity index is 2.37. The van der Waals surface area contributed by atoms with Crippen molar-refractivity contribution in [3.8, 4) is 0 Å². The van der Waals surface area contributed by atoms with E-state index < -0.39 is 5.97 Å². The fourth-order valence-corrected chi connectivity index (χ4v) is 4.04. The van der Waals surface area contributed by atoms with Gasteiger partial charge in [0.15, 0.2) is 0 Å². The third-order valence-corrected chi connectivity index (χ3v) is 5.15. The van der Waals surface area contributed by atoms with Gasteiger partial charge in [-0.1, -0.05) is 6.92 Å². The number of carboxylic acid groups (broad SMARTS) is 1. The van der Waals surface area contributed by atoms with Crippen LogP contribution in [0.5, 0.6) is 0 Å². The zero-order valence-electron chi connectivity index (χ0n) is 11.4. The summed E-state index contributed by atoms with van der Waals surface area (Å²) in [4.78, 5) is 25.2. The number of aryl methyl sites for hydroxylation is 2. The number of rotatable bonds is 4. The van der Waals surface area contributed by atoms with E-state index in [1.54, 1.807) is 0 Å². The van der Waals surface area contributed by atoms with E-state index in [4.69, 9.17) is 0 Å². The van der Waals surface area contributed by atoms with E-state index in [1.807, 2.05) is 32.2 Å². The van der Waals surface area contributed by atoms with Crippen LogP contribution in [0.15, 0.2) is 11.4 Å². The van der Waals surface area contributed by atoms with Crippen molar-refractivity contribution in [1.82, 2.24) is 0 Å². The number of hydrogen-bond acceptors (Lipinski definition) is 4. The molecule has 0 atom stereocenters. The number of aromatic carboxylic acids is 1. The van der Waals surface area contributed by atoms with Crippen LogP contribution in [0.3, 0.4) is 0 Å². The second-order valence-corrected chi connectivity index (χ2v) is 6.53. The van der Waals surface area contributed by atoms with Crippen LogP contribution in [0.2, 0.25) is 0 Å². The second-order valence-electron chi connectivity index (χ2n) is 4.39. The molecule has 2 aromatic heterocycles. The summed E-state index contributed by atoms with van der Waals surface area (Å²) in [5, 5.41) is 14.4. The maximum atomic E-state index is 12.2. The fourth-order valence-electron chi connectivity index (χ4n) is 2.08. The van der Waals surface area contributed by atoms with Crippen LogP contribution in [-0.4, -0.2) is 17.0 Å². The van der Waals surface area contributed by atoms with Crippen molar-refractivity contribution in [2.45, 2.75) is 27.2 Å². The predicted molar refractivity (Wildman–Crippen MR) is 82.4 cm³/mol. The molecular formula is C14H15NO3S2. The largest absolute Gasteiger partial charge is 0.478 e. The van der Waals surface area contributed by atoms with Crippen LogP contribution < -0.4 is 5.32 Å². The molecule has 2 aromatic rings. The predicted octanol–water partition coefficient (Wildman–Crippen LogP) is 3.94. The molecule has 0 unspecified atom stereocenters. The van der Waals surface area contributed by atoms with Crippen LogP contribution in [-0.2, 0) is 6.42 Å². The number of carbonyl (C=O) groups is 2. The first-order valence-corrected chi connectivity index (χ1v) is 7.86. The van der Waals surface area contributed by atoms with Gasteiger partial charge in [0.2, 0.25) is 0 Å². The first-order chi connectivity index (χ1) is 9.45. The van der Waals surface area contributed by atoms with E-state index in [2.05, 4.69) is 5.32 Å². The normalized spacial score (nSPS) is 10.6. The molecule has 0 aliphatic heterocycles. The quantitative estimate of drug-likeness (QED) is 0.899. The van der Waals surface area contributed by atoms with Gasteiger partial charge in [0.1, 0.15) is 5.00 Å². The maximum Gasteiger partial charge on any atom is 0.339 e. The molecule has 1 amide bonds. The minimum absolute atomic E-state index is 0.220. The standard InChI is InChI=1S/C14H15NO3S2/c1-4-9-8(3)20-13(10(9)14(17)18)15-12(16)11-7(2)5-6-19-11/h5-6H,4H2,1-3H3,(H,15,16)(H,17,18). The maximum absolute atomic E-state index is 12.2. The molecule has 2 heterocycles. The van der Waals surface area contributed by atoms with E-state index in [0.717, 1.165) is 16.0 Å². The number of anilines is 1. The zero-order chi connectivity index (χ0) is 14.9. The Morgan fingerprint density at radius 1 is 1.35 bits per heavy atom. The van der Waals surface area contributed by atoms with Crippen molar-refractivity contribution in [1.29, 1.82) is 0 Å². The molecule has 0 bridgehead atoms. The molecule has 2 rings (SSSR count). The lowest BCUT2D eigenvalue weighted by Crippen LogP contribution is -2.13. The molecule has 106 valence electrons. The second kappa shape index (κ2) is 5.76. The summed E-state index contributed by atoms with van der Waals surface area (Å²) < 4.78 is 0. The summed E-state index contributed by atoms with van der Waals surface area (Å²) in [6.45, 7) is 5.65. The van der Waals surface area contributed by atoms with Crippen molar-refractivity contribution in [2.24, 2.45) is 0 Å². The topological polar surface area (TPSA) is 66.4 Å². The highest BCUT2D eigenvalue weighted by Crippen LogP contribution is 2.34. The van der Waals surface area contributed by atoms with Crippen molar-refractivity contribution < 1.29 is 14.7 Å². The molecule has 0 spiro atoms. The summed E-state index contributed by atoms with van der Waals surface area (Å²) in [5.41, 5.74) is 1.91. The zero-order valence-corrected chi connectivity index (χ0v) is 13.1. The Bertz CT molecular complexity index is 670. The highest BCUT2D eigenvalue weighted by molar-refractivity contribution is 7.17. The summed E-state index contributed by atoms with van der Waals surface area (Å²) in [6.07, 6.45) is 0.637. The van der Waals surface area contributed by atoms with Gasteiger partial charge in [0.25, 0.3) is 5.91 Å². The lowest BCUT2D eigenvalue weighted by molar-refractivity contribution is 0.0697. The molecule has 0 fully saturated rings. The van der Waals surface area contributed by atoms with Crippen molar-refractivity contribution in [3.05, 3.63) is 37.9 Å².